The molecule has 146 valence electrons. The number of ether oxygens (including phenoxy) is 1. The second-order valence-electron chi connectivity index (χ2n) is 6.23. The summed E-state index contributed by atoms with van der Waals surface area (Å²) in [6.07, 6.45) is 1.08. The number of hydrogen-bond donors (Lipinski definition) is 1. The molecule has 0 saturated carbocycles. The zero-order valence-corrected chi connectivity index (χ0v) is 15.6. The van der Waals surface area contributed by atoms with E-state index in [-0.39, 0.29) is 23.6 Å². The van der Waals surface area contributed by atoms with Gasteiger partial charge in [0.25, 0.3) is 11.8 Å². The first-order valence-corrected chi connectivity index (χ1v) is 9.12. The van der Waals surface area contributed by atoms with Crippen LogP contribution in [0.15, 0.2) is 48.7 Å². The average molecular weight is 382 g/mol. The average Bonchev–Trinajstić information content (AvgIpc) is 2.74. The van der Waals surface area contributed by atoms with Gasteiger partial charge in [0.1, 0.15) is 5.69 Å². The molecule has 0 unspecified atom stereocenters. The van der Waals surface area contributed by atoms with Gasteiger partial charge in [0.15, 0.2) is 0 Å². The Bertz CT molecular complexity index is 848. The highest BCUT2D eigenvalue weighted by Crippen LogP contribution is 2.12. The van der Waals surface area contributed by atoms with Crippen molar-refractivity contribution in [2.45, 2.75) is 6.92 Å². The quantitative estimate of drug-likeness (QED) is 0.876. The molecule has 8 heteroatoms. The van der Waals surface area contributed by atoms with E-state index >= 15 is 0 Å². The number of rotatable bonds is 4. The second-order valence-corrected chi connectivity index (χ2v) is 6.23. The normalized spacial score (nSPS) is 13.8. The zero-order chi connectivity index (χ0) is 19.9. The van der Waals surface area contributed by atoms with Crippen LogP contribution in [0.3, 0.4) is 0 Å². The van der Waals surface area contributed by atoms with Crippen molar-refractivity contribution in [3.63, 3.8) is 0 Å². The van der Waals surface area contributed by atoms with Gasteiger partial charge in [-0.15, -0.1) is 0 Å². The Morgan fingerprint density at radius 3 is 2.39 bits per heavy atom. The van der Waals surface area contributed by atoms with Crippen molar-refractivity contribution in [2.24, 2.45) is 0 Å². The Kier molecular flexibility index (Phi) is 6.21. The molecule has 1 aliphatic rings. The molecule has 3 amide bonds. The van der Waals surface area contributed by atoms with E-state index < -0.39 is 0 Å². The number of nitrogens with zero attached hydrogens (tertiary/aromatic N) is 3. The molecule has 0 atom stereocenters. The summed E-state index contributed by atoms with van der Waals surface area (Å²) in [5, 5.41) is 2.75. The molecule has 0 spiro atoms. The predicted octanol–water partition coefficient (Wildman–Crippen LogP) is 2.25. The highest BCUT2D eigenvalue weighted by molar-refractivity contribution is 6.04. The third-order valence-electron chi connectivity index (χ3n) is 4.36. The van der Waals surface area contributed by atoms with Crippen molar-refractivity contribution < 1.29 is 19.1 Å². The number of benzene rings is 1. The van der Waals surface area contributed by atoms with E-state index in [4.69, 9.17) is 4.74 Å². The number of aromatic nitrogens is 1. The standard InChI is InChI=1S/C20H22N4O4/c1-2-28-20(27)24-12-10-23(11-13-24)19(26)15-8-9-21-17(14-15)18(25)22-16-6-4-3-5-7-16/h3-9,14H,2,10-13H2,1H3,(H,22,25). The van der Waals surface area contributed by atoms with E-state index in [1.54, 1.807) is 34.9 Å². The summed E-state index contributed by atoms with van der Waals surface area (Å²) in [4.78, 5) is 44.2. The van der Waals surface area contributed by atoms with E-state index in [1.165, 1.54) is 12.3 Å². The predicted molar refractivity (Wildman–Crippen MR) is 103 cm³/mol. The Hall–Kier alpha value is -3.42. The lowest BCUT2D eigenvalue weighted by Crippen LogP contribution is -2.50. The minimum atomic E-state index is -0.381. The molecular weight excluding hydrogens is 360 g/mol. The first-order chi connectivity index (χ1) is 13.6. The van der Waals surface area contributed by atoms with Gasteiger partial charge in [-0.2, -0.15) is 0 Å². The SMILES string of the molecule is CCOC(=O)N1CCN(C(=O)c2ccnc(C(=O)Nc3ccccc3)c2)CC1. The molecule has 3 rings (SSSR count). The zero-order valence-electron chi connectivity index (χ0n) is 15.6. The number of hydrogen-bond acceptors (Lipinski definition) is 5. The summed E-state index contributed by atoms with van der Waals surface area (Å²) < 4.78 is 4.98. The monoisotopic (exact) mass is 382 g/mol. The number of pyridine rings is 1. The topological polar surface area (TPSA) is 91.8 Å². The molecule has 1 aromatic heterocycles. The van der Waals surface area contributed by atoms with Gasteiger partial charge in [-0.05, 0) is 31.2 Å². The highest BCUT2D eigenvalue weighted by Gasteiger charge is 2.26. The van der Waals surface area contributed by atoms with E-state index in [1.807, 2.05) is 18.2 Å². The van der Waals surface area contributed by atoms with Crippen molar-refractivity contribution in [1.29, 1.82) is 0 Å². The molecule has 0 bridgehead atoms. The Labute approximate surface area is 163 Å². The Morgan fingerprint density at radius 1 is 1.04 bits per heavy atom. The van der Waals surface area contributed by atoms with E-state index in [9.17, 15) is 14.4 Å². The fraction of sp³-hybridized carbons (Fsp3) is 0.300. The first-order valence-electron chi connectivity index (χ1n) is 9.12. The molecular formula is C20H22N4O4. The van der Waals surface area contributed by atoms with Gasteiger partial charge >= 0.3 is 6.09 Å². The van der Waals surface area contributed by atoms with Gasteiger partial charge < -0.3 is 19.9 Å². The maximum Gasteiger partial charge on any atom is 0.409 e. The lowest BCUT2D eigenvalue weighted by Gasteiger charge is -2.34. The lowest BCUT2D eigenvalue weighted by atomic mass is 10.1. The summed E-state index contributed by atoms with van der Waals surface area (Å²) >= 11 is 0. The number of nitrogens with one attached hydrogen (secondary N) is 1. The number of piperazine rings is 1. The minimum absolute atomic E-state index is 0.167. The fourth-order valence-electron chi connectivity index (χ4n) is 2.89. The third kappa shape index (κ3) is 4.64. The van der Waals surface area contributed by atoms with E-state index in [0.29, 0.717) is 44.0 Å². The largest absolute Gasteiger partial charge is 0.450 e. The molecule has 0 radical (unpaired) electrons. The molecule has 2 aromatic rings. The summed E-state index contributed by atoms with van der Waals surface area (Å²) in [5.41, 5.74) is 1.21. The maximum atomic E-state index is 12.8. The molecule has 0 aliphatic carbocycles. The fourth-order valence-corrected chi connectivity index (χ4v) is 2.89. The molecule has 1 aliphatic heterocycles. The van der Waals surface area contributed by atoms with Crippen molar-refractivity contribution >= 4 is 23.6 Å². The van der Waals surface area contributed by atoms with Gasteiger partial charge in [-0.1, -0.05) is 18.2 Å². The second kappa shape index (κ2) is 8.98. The lowest BCUT2D eigenvalue weighted by molar-refractivity contribution is 0.0570. The van der Waals surface area contributed by atoms with Crippen LogP contribution < -0.4 is 5.32 Å². The molecule has 1 saturated heterocycles. The molecule has 1 N–H and O–H groups in total. The molecule has 28 heavy (non-hydrogen) atoms. The molecule has 1 fully saturated rings. The Morgan fingerprint density at radius 2 is 1.71 bits per heavy atom. The summed E-state index contributed by atoms with van der Waals surface area (Å²) in [5.74, 6) is -0.576. The summed E-state index contributed by atoms with van der Waals surface area (Å²) in [7, 11) is 0. The van der Waals surface area contributed by atoms with Crippen LogP contribution in [0.5, 0.6) is 0 Å². The highest BCUT2D eigenvalue weighted by atomic mass is 16.6. The van der Waals surface area contributed by atoms with Crippen LogP contribution in [0.2, 0.25) is 0 Å². The van der Waals surface area contributed by atoms with Gasteiger partial charge in [-0.25, -0.2) is 4.79 Å². The summed E-state index contributed by atoms with van der Waals surface area (Å²) in [6.45, 7) is 3.72. The van der Waals surface area contributed by atoms with Crippen LogP contribution in [0, 0.1) is 0 Å². The Balaban J connectivity index is 1.63. The van der Waals surface area contributed by atoms with Crippen LogP contribution in [0.25, 0.3) is 0 Å². The molecule has 8 nitrogen and oxygen atoms in total. The summed E-state index contributed by atoms with van der Waals surface area (Å²) in [6, 6.07) is 12.1. The van der Waals surface area contributed by atoms with Crippen molar-refractivity contribution in [3.8, 4) is 0 Å². The number of amides is 3. The maximum absolute atomic E-state index is 12.8. The first kappa shape index (κ1) is 19.3. The van der Waals surface area contributed by atoms with E-state index in [0.717, 1.165) is 0 Å². The van der Waals surface area contributed by atoms with Gasteiger partial charge in [0, 0.05) is 43.6 Å². The van der Waals surface area contributed by atoms with Crippen LogP contribution in [0.1, 0.15) is 27.8 Å². The number of para-hydroxylation sites is 1. The van der Waals surface area contributed by atoms with Gasteiger partial charge in [-0.3, -0.25) is 14.6 Å². The van der Waals surface area contributed by atoms with Crippen LogP contribution in [0.4, 0.5) is 10.5 Å². The number of carbonyl (C=O) groups excluding carboxylic acids is 3. The number of carbonyl (C=O) groups is 3. The number of anilines is 1. The van der Waals surface area contributed by atoms with Crippen LogP contribution in [-0.4, -0.2) is 65.5 Å². The van der Waals surface area contributed by atoms with E-state index in [2.05, 4.69) is 10.3 Å². The molecule has 1 aromatic carbocycles. The van der Waals surface area contributed by atoms with Gasteiger partial charge in [0.2, 0.25) is 0 Å². The van der Waals surface area contributed by atoms with Gasteiger partial charge in [0.05, 0.1) is 6.61 Å². The van der Waals surface area contributed by atoms with Crippen molar-refractivity contribution in [1.82, 2.24) is 14.8 Å². The molecule has 2 heterocycles. The van der Waals surface area contributed by atoms with Crippen molar-refractivity contribution in [2.75, 3.05) is 38.1 Å². The van der Waals surface area contributed by atoms with Crippen molar-refractivity contribution in [3.05, 3.63) is 59.9 Å². The smallest absolute Gasteiger partial charge is 0.409 e. The third-order valence-corrected chi connectivity index (χ3v) is 4.36. The van der Waals surface area contributed by atoms with Crippen LogP contribution in [-0.2, 0) is 4.74 Å². The minimum Gasteiger partial charge on any atom is -0.450 e. The van der Waals surface area contributed by atoms with Crippen LogP contribution >= 0.6 is 0 Å².